The van der Waals surface area contributed by atoms with Gasteiger partial charge in [0.15, 0.2) is 5.13 Å². The molecular formula is C23H20N2OS2. The van der Waals surface area contributed by atoms with Crippen LogP contribution in [0.25, 0.3) is 22.0 Å². The van der Waals surface area contributed by atoms with Crippen LogP contribution in [0.1, 0.15) is 24.2 Å². The number of carbonyl (C=O) groups excluding carboxylic acids is 1. The number of rotatable bonds is 5. The molecule has 1 amide bonds. The molecular weight excluding hydrogens is 384 g/mol. The highest BCUT2D eigenvalue weighted by molar-refractivity contribution is 7.99. The third-order valence-electron chi connectivity index (χ3n) is 4.24. The Kier molecular flexibility index (Phi) is 5.46. The predicted octanol–water partition coefficient (Wildman–Crippen LogP) is 6.72. The molecule has 0 bridgehead atoms. The second-order valence-electron chi connectivity index (χ2n) is 6.75. The zero-order valence-corrected chi connectivity index (χ0v) is 17.3. The van der Waals surface area contributed by atoms with Crippen LogP contribution in [-0.4, -0.2) is 16.1 Å². The van der Waals surface area contributed by atoms with Crippen LogP contribution in [0.5, 0.6) is 0 Å². The molecule has 3 aromatic carbocycles. The zero-order chi connectivity index (χ0) is 19.5. The molecule has 0 unspecified atom stereocenters. The summed E-state index contributed by atoms with van der Waals surface area (Å²) >= 11 is 3.18. The first-order valence-electron chi connectivity index (χ1n) is 9.11. The zero-order valence-electron chi connectivity index (χ0n) is 15.7. The van der Waals surface area contributed by atoms with Crippen molar-refractivity contribution >= 4 is 44.9 Å². The van der Waals surface area contributed by atoms with Crippen LogP contribution in [0.3, 0.4) is 0 Å². The number of amides is 1. The molecule has 0 saturated carbocycles. The molecule has 0 aliphatic rings. The average Bonchev–Trinajstić information content (AvgIpc) is 3.16. The van der Waals surface area contributed by atoms with Crippen LogP contribution >= 0.6 is 23.1 Å². The molecule has 28 heavy (non-hydrogen) atoms. The highest BCUT2D eigenvalue weighted by Gasteiger charge is 2.11. The molecule has 1 N–H and O–H groups in total. The van der Waals surface area contributed by atoms with E-state index >= 15 is 0 Å². The lowest BCUT2D eigenvalue weighted by molar-refractivity contribution is 0.102. The smallest absolute Gasteiger partial charge is 0.257 e. The molecule has 0 aliphatic carbocycles. The van der Waals surface area contributed by atoms with E-state index in [4.69, 9.17) is 0 Å². The van der Waals surface area contributed by atoms with E-state index in [9.17, 15) is 4.79 Å². The molecule has 4 rings (SSSR count). The molecule has 3 nitrogen and oxygen atoms in total. The van der Waals surface area contributed by atoms with Crippen molar-refractivity contribution in [2.24, 2.45) is 0 Å². The van der Waals surface area contributed by atoms with Gasteiger partial charge in [-0.3, -0.25) is 10.1 Å². The van der Waals surface area contributed by atoms with Gasteiger partial charge in [-0.2, -0.15) is 0 Å². The summed E-state index contributed by atoms with van der Waals surface area (Å²) in [6.07, 6.45) is 0. The number of hydrogen-bond donors (Lipinski definition) is 1. The third-order valence-corrected chi connectivity index (χ3v) is 5.99. The summed E-state index contributed by atoms with van der Waals surface area (Å²) in [6.45, 7) is 4.28. The molecule has 5 heteroatoms. The van der Waals surface area contributed by atoms with Crippen molar-refractivity contribution in [3.05, 3.63) is 77.7 Å². The number of thiazole rings is 1. The summed E-state index contributed by atoms with van der Waals surface area (Å²) in [5.41, 5.74) is 2.56. The fourth-order valence-electron chi connectivity index (χ4n) is 2.96. The van der Waals surface area contributed by atoms with Gasteiger partial charge in [0, 0.05) is 26.7 Å². The number of benzene rings is 3. The maximum absolute atomic E-state index is 12.6. The first kappa shape index (κ1) is 18.7. The average molecular weight is 405 g/mol. The van der Waals surface area contributed by atoms with Crippen LogP contribution in [0.2, 0.25) is 0 Å². The standard InChI is InChI=1S/C23H20N2OS2/c1-15(2)28-20-9-5-8-19(13-20)22(26)25-23-24-21(14-27-23)18-11-10-16-6-3-4-7-17(16)12-18/h3-15H,1-2H3,(H,24,25,26). The Hall–Kier alpha value is -2.63. The predicted molar refractivity (Wildman–Crippen MR) is 120 cm³/mol. The first-order chi connectivity index (χ1) is 13.6. The number of fused-ring (bicyclic) bond motifs is 1. The Balaban J connectivity index is 1.52. The fourth-order valence-corrected chi connectivity index (χ4v) is 4.58. The molecule has 0 spiro atoms. The van der Waals surface area contributed by atoms with Crippen molar-refractivity contribution in [1.82, 2.24) is 4.98 Å². The minimum atomic E-state index is -0.134. The van der Waals surface area contributed by atoms with E-state index in [1.54, 1.807) is 11.8 Å². The van der Waals surface area contributed by atoms with Gasteiger partial charge in [-0.1, -0.05) is 56.3 Å². The quantitative estimate of drug-likeness (QED) is 0.376. The van der Waals surface area contributed by atoms with Crippen molar-refractivity contribution in [3.8, 4) is 11.3 Å². The van der Waals surface area contributed by atoms with Crippen LogP contribution in [0.15, 0.2) is 77.0 Å². The van der Waals surface area contributed by atoms with E-state index in [2.05, 4.69) is 54.5 Å². The van der Waals surface area contributed by atoms with Crippen molar-refractivity contribution in [1.29, 1.82) is 0 Å². The van der Waals surface area contributed by atoms with Gasteiger partial charge in [-0.25, -0.2) is 4.98 Å². The number of hydrogen-bond acceptors (Lipinski definition) is 4. The van der Waals surface area contributed by atoms with Crippen LogP contribution in [0, 0.1) is 0 Å². The summed E-state index contributed by atoms with van der Waals surface area (Å²) in [5.74, 6) is -0.134. The van der Waals surface area contributed by atoms with Gasteiger partial charge in [0.2, 0.25) is 0 Å². The van der Waals surface area contributed by atoms with Gasteiger partial charge in [-0.15, -0.1) is 23.1 Å². The number of anilines is 1. The van der Waals surface area contributed by atoms with E-state index in [-0.39, 0.29) is 5.91 Å². The van der Waals surface area contributed by atoms with E-state index in [0.717, 1.165) is 16.2 Å². The third kappa shape index (κ3) is 4.26. The molecule has 0 aliphatic heterocycles. The van der Waals surface area contributed by atoms with E-state index in [1.165, 1.54) is 22.1 Å². The molecule has 0 fully saturated rings. The second-order valence-corrected chi connectivity index (χ2v) is 9.26. The Labute approximate surface area is 172 Å². The number of aromatic nitrogens is 1. The number of nitrogens with zero attached hydrogens (tertiary/aromatic N) is 1. The highest BCUT2D eigenvalue weighted by atomic mass is 32.2. The number of carbonyl (C=O) groups is 1. The molecule has 0 radical (unpaired) electrons. The second kappa shape index (κ2) is 8.17. The largest absolute Gasteiger partial charge is 0.298 e. The molecule has 1 heterocycles. The van der Waals surface area contributed by atoms with Crippen LogP contribution in [0.4, 0.5) is 5.13 Å². The lowest BCUT2D eigenvalue weighted by atomic mass is 10.1. The maximum Gasteiger partial charge on any atom is 0.257 e. The van der Waals surface area contributed by atoms with Crippen LogP contribution < -0.4 is 5.32 Å². The van der Waals surface area contributed by atoms with Gasteiger partial charge in [0.05, 0.1) is 5.69 Å². The fraction of sp³-hybridized carbons (Fsp3) is 0.130. The number of thioether (sulfide) groups is 1. The van der Waals surface area contributed by atoms with Gasteiger partial charge >= 0.3 is 0 Å². The monoisotopic (exact) mass is 404 g/mol. The molecule has 4 aromatic rings. The minimum absolute atomic E-state index is 0.134. The van der Waals surface area contributed by atoms with Gasteiger partial charge in [-0.05, 0) is 35.0 Å². The van der Waals surface area contributed by atoms with Gasteiger partial charge in [0.1, 0.15) is 0 Å². The van der Waals surface area contributed by atoms with Crippen molar-refractivity contribution in [2.45, 2.75) is 24.0 Å². The summed E-state index contributed by atoms with van der Waals surface area (Å²) in [4.78, 5) is 18.3. The Bertz CT molecular complexity index is 1130. The number of nitrogens with one attached hydrogen (secondary N) is 1. The summed E-state index contributed by atoms with van der Waals surface area (Å²) < 4.78 is 0. The van der Waals surface area contributed by atoms with Gasteiger partial charge < -0.3 is 0 Å². The lowest BCUT2D eigenvalue weighted by Crippen LogP contribution is -2.11. The summed E-state index contributed by atoms with van der Waals surface area (Å²) in [6, 6.07) is 22.3. The first-order valence-corrected chi connectivity index (χ1v) is 10.9. The van der Waals surface area contributed by atoms with Crippen molar-refractivity contribution in [2.75, 3.05) is 5.32 Å². The van der Waals surface area contributed by atoms with Gasteiger partial charge in [0.25, 0.3) is 5.91 Å². The molecule has 0 saturated heterocycles. The maximum atomic E-state index is 12.6. The van der Waals surface area contributed by atoms with Crippen molar-refractivity contribution < 1.29 is 4.79 Å². The van der Waals surface area contributed by atoms with E-state index in [1.807, 2.05) is 41.8 Å². The SMILES string of the molecule is CC(C)Sc1cccc(C(=O)Nc2nc(-c3ccc4ccccc4c3)cs2)c1. The lowest BCUT2D eigenvalue weighted by Gasteiger charge is -2.07. The summed E-state index contributed by atoms with van der Waals surface area (Å²) in [7, 11) is 0. The minimum Gasteiger partial charge on any atom is -0.298 e. The van der Waals surface area contributed by atoms with E-state index in [0.29, 0.717) is 15.9 Å². The topological polar surface area (TPSA) is 42.0 Å². The molecule has 0 atom stereocenters. The van der Waals surface area contributed by atoms with Crippen LogP contribution in [-0.2, 0) is 0 Å². The Morgan fingerprint density at radius 3 is 2.64 bits per heavy atom. The Morgan fingerprint density at radius 2 is 1.82 bits per heavy atom. The summed E-state index contributed by atoms with van der Waals surface area (Å²) in [5, 5.41) is 8.36. The molecule has 140 valence electrons. The molecule has 1 aromatic heterocycles. The van der Waals surface area contributed by atoms with E-state index < -0.39 is 0 Å². The Morgan fingerprint density at radius 1 is 1.00 bits per heavy atom. The normalized spacial score (nSPS) is 11.1. The van der Waals surface area contributed by atoms with Crippen molar-refractivity contribution in [3.63, 3.8) is 0 Å². The highest BCUT2D eigenvalue weighted by Crippen LogP contribution is 2.28.